The van der Waals surface area contributed by atoms with E-state index < -0.39 is 17.8 Å². The summed E-state index contributed by atoms with van der Waals surface area (Å²) in [7, 11) is 1.48. The van der Waals surface area contributed by atoms with Gasteiger partial charge in [0.1, 0.15) is 6.04 Å². The van der Waals surface area contributed by atoms with Crippen LogP contribution in [0.15, 0.2) is 24.3 Å². The molecule has 0 aromatic heterocycles. The van der Waals surface area contributed by atoms with Crippen LogP contribution in [0.2, 0.25) is 0 Å². The van der Waals surface area contributed by atoms with E-state index in [9.17, 15) is 18.0 Å². The fraction of sp³-hybridized carbons (Fsp3) is 0.429. The molecule has 20 heavy (non-hydrogen) atoms. The highest BCUT2D eigenvalue weighted by Gasteiger charge is 2.30. The Labute approximate surface area is 115 Å². The van der Waals surface area contributed by atoms with Gasteiger partial charge in [-0.3, -0.25) is 4.79 Å². The second kappa shape index (κ2) is 6.42. The van der Waals surface area contributed by atoms with Crippen molar-refractivity contribution < 1.29 is 18.0 Å². The van der Waals surface area contributed by atoms with Gasteiger partial charge in [-0.15, -0.1) is 0 Å². The molecule has 0 saturated carbocycles. The Bertz CT molecular complexity index is 520. The first kappa shape index (κ1) is 16.0. The van der Waals surface area contributed by atoms with Crippen LogP contribution in [0, 0.1) is 11.3 Å². The van der Waals surface area contributed by atoms with E-state index in [2.05, 4.69) is 0 Å². The zero-order chi connectivity index (χ0) is 15.3. The number of nitrogens with zero attached hydrogens (tertiary/aromatic N) is 2. The zero-order valence-corrected chi connectivity index (χ0v) is 11.2. The van der Waals surface area contributed by atoms with Gasteiger partial charge in [-0.25, -0.2) is 0 Å². The monoisotopic (exact) mass is 284 g/mol. The fourth-order valence-corrected chi connectivity index (χ4v) is 1.78. The second-order valence-electron chi connectivity index (χ2n) is 4.43. The van der Waals surface area contributed by atoms with Crippen molar-refractivity contribution in [3.05, 3.63) is 35.4 Å². The van der Waals surface area contributed by atoms with E-state index in [0.717, 1.165) is 12.1 Å². The smallest absolute Gasteiger partial charge is 0.329 e. The molecule has 0 radical (unpaired) electrons. The number of benzene rings is 1. The van der Waals surface area contributed by atoms with Crippen molar-refractivity contribution in [3.8, 4) is 6.07 Å². The van der Waals surface area contributed by atoms with Crippen molar-refractivity contribution in [2.45, 2.75) is 32.0 Å². The third kappa shape index (κ3) is 3.98. The van der Waals surface area contributed by atoms with Gasteiger partial charge in [-0.05, 0) is 18.1 Å². The zero-order valence-electron chi connectivity index (χ0n) is 11.2. The van der Waals surface area contributed by atoms with Crippen molar-refractivity contribution in [1.29, 1.82) is 5.26 Å². The summed E-state index contributed by atoms with van der Waals surface area (Å²) >= 11 is 0. The molecule has 6 heteroatoms. The molecule has 1 rings (SSSR count). The van der Waals surface area contributed by atoms with Crippen molar-refractivity contribution in [2.75, 3.05) is 7.05 Å². The Morgan fingerprint density at radius 1 is 1.45 bits per heavy atom. The number of hydrogen-bond donors (Lipinski definition) is 0. The van der Waals surface area contributed by atoms with E-state index >= 15 is 0 Å². The van der Waals surface area contributed by atoms with Gasteiger partial charge in [0.05, 0.1) is 18.1 Å². The quantitative estimate of drug-likeness (QED) is 0.853. The van der Waals surface area contributed by atoms with Gasteiger partial charge >= 0.3 is 6.18 Å². The molecule has 0 spiro atoms. The standard InChI is InChI=1S/C14H15F3N2O/c1-3-12(9-18)19(2)13(20)8-10-5-4-6-11(7-10)14(15,16)17/h4-7,12H,3,8H2,1-2H3. The van der Waals surface area contributed by atoms with E-state index in [1.54, 1.807) is 6.92 Å². The highest BCUT2D eigenvalue weighted by atomic mass is 19.4. The summed E-state index contributed by atoms with van der Waals surface area (Å²) < 4.78 is 37.7. The molecule has 0 saturated heterocycles. The number of amides is 1. The topological polar surface area (TPSA) is 44.1 Å². The lowest BCUT2D eigenvalue weighted by molar-refractivity contribution is -0.138. The molecule has 1 unspecified atom stereocenters. The number of alkyl halides is 3. The lowest BCUT2D eigenvalue weighted by Crippen LogP contribution is -2.36. The van der Waals surface area contributed by atoms with Gasteiger partial charge in [-0.1, -0.05) is 25.1 Å². The van der Waals surface area contributed by atoms with E-state index in [-0.39, 0.29) is 17.9 Å². The largest absolute Gasteiger partial charge is 0.416 e. The lowest BCUT2D eigenvalue weighted by atomic mass is 10.1. The van der Waals surface area contributed by atoms with Crippen molar-refractivity contribution in [2.24, 2.45) is 0 Å². The lowest BCUT2D eigenvalue weighted by Gasteiger charge is -2.21. The van der Waals surface area contributed by atoms with Gasteiger partial charge in [0, 0.05) is 7.05 Å². The molecule has 0 heterocycles. The van der Waals surface area contributed by atoms with Crippen molar-refractivity contribution in [3.63, 3.8) is 0 Å². The molecule has 0 aliphatic carbocycles. The molecule has 108 valence electrons. The summed E-state index contributed by atoms with van der Waals surface area (Å²) in [5, 5.41) is 8.87. The molecule has 0 aliphatic heterocycles. The molecule has 0 bridgehead atoms. The summed E-state index contributed by atoms with van der Waals surface area (Å²) in [6.45, 7) is 1.77. The van der Waals surface area contributed by atoms with Crippen LogP contribution in [-0.4, -0.2) is 23.9 Å². The third-order valence-corrected chi connectivity index (χ3v) is 3.01. The molecule has 0 fully saturated rings. The number of carbonyl (C=O) groups is 1. The predicted octanol–water partition coefficient (Wildman–Crippen LogP) is 3.01. The van der Waals surface area contributed by atoms with Crippen molar-refractivity contribution in [1.82, 2.24) is 4.90 Å². The van der Waals surface area contributed by atoms with Crippen LogP contribution < -0.4 is 0 Å². The highest BCUT2D eigenvalue weighted by Crippen LogP contribution is 2.29. The summed E-state index contributed by atoms with van der Waals surface area (Å²) in [6.07, 6.45) is -4.11. The van der Waals surface area contributed by atoms with Gasteiger partial charge in [0.2, 0.25) is 5.91 Å². The Morgan fingerprint density at radius 2 is 2.10 bits per heavy atom. The number of likely N-dealkylation sites (N-methyl/N-ethyl adjacent to an activating group) is 1. The number of hydrogen-bond acceptors (Lipinski definition) is 2. The Balaban J connectivity index is 2.84. The van der Waals surface area contributed by atoms with Crippen LogP contribution >= 0.6 is 0 Å². The molecular formula is C14H15F3N2O. The number of carbonyl (C=O) groups excluding carboxylic acids is 1. The van der Waals surface area contributed by atoms with Gasteiger partial charge in [-0.2, -0.15) is 18.4 Å². The number of nitriles is 1. The predicted molar refractivity (Wildman–Crippen MR) is 67.6 cm³/mol. The van der Waals surface area contributed by atoms with Crippen LogP contribution in [0.5, 0.6) is 0 Å². The normalized spacial score (nSPS) is 12.6. The van der Waals surface area contributed by atoms with Crippen molar-refractivity contribution >= 4 is 5.91 Å². The molecule has 1 aromatic carbocycles. The fourth-order valence-electron chi connectivity index (χ4n) is 1.78. The second-order valence-corrected chi connectivity index (χ2v) is 4.43. The van der Waals surface area contributed by atoms with Crippen LogP contribution in [0.1, 0.15) is 24.5 Å². The highest BCUT2D eigenvalue weighted by molar-refractivity contribution is 5.79. The third-order valence-electron chi connectivity index (χ3n) is 3.01. The molecule has 0 N–H and O–H groups in total. The molecule has 1 aromatic rings. The summed E-state index contributed by atoms with van der Waals surface area (Å²) in [5.74, 6) is -0.377. The molecule has 0 aliphatic rings. The van der Waals surface area contributed by atoms with Crippen LogP contribution in [0.3, 0.4) is 0 Å². The average Bonchev–Trinajstić information content (AvgIpc) is 2.39. The van der Waals surface area contributed by atoms with Crippen LogP contribution in [0.4, 0.5) is 13.2 Å². The Hall–Kier alpha value is -2.03. The summed E-state index contributed by atoms with van der Waals surface area (Å²) in [4.78, 5) is 13.2. The van der Waals surface area contributed by atoms with E-state index in [4.69, 9.17) is 5.26 Å². The van der Waals surface area contributed by atoms with Gasteiger partial charge in [0.15, 0.2) is 0 Å². The Kier molecular flexibility index (Phi) is 5.14. The first-order chi connectivity index (χ1) is 9.29. The maximum Gasteiger partial charge on any atom is 0.416 e. The minimum absolute atomic E-state index is 0.154. The molecule has 1 atom stereocenters. The van der Waals surface area contributed by atoms with Crippen LogP contribution in [0.25, 0.3) is 0 Å². The van der Waals surface area contributed by atoms with Crippen LogP contribution in [-0.2, 0) is 17.4 Å². The number of rotatable bonds is 4. The average molecular weight is 284 g/mol. The summed E-state index contributed by atoms with van der Waals surface area (Å²) in [6, 6.07) is 6.07. The minimum atomic E-state index is -4.43. The van der Waals surface area contributed by atoms with Gasteiger partial charge < -0.3 is 4.90 Å². The van der Waals surface area contributed by atoms with E-state index in [1.807, 2.05) is 6.07 Å². The minimum Gasteiger partial charge on any atom is -0.329 e. The van der Waals surface area contributed by atoms with E-state index in [0.29, 0.717) is 6.42 Å². The maximum atomic E-state index is 12.6. The first-order valence-corrected chi connectivity index (χ1v) is 6.11. The molecule has 3 nitrogen and oxygen atoms in total. The van der Waals surface area contributed by atoms with Gasteiger partial charge in [0.25, 0.3) is 0 Å². The molecular weight excluding hydrogens is 269 g/mol. The first-order valence-electron chi connectivity index (χ1n) is 6.11. The summed E-state index contributed by atoms with van der Waals surface area (Å²) in [5.41, 5.74) is -0.498. The SMILES string of the molecule is CCC(C#N)N(C)C(=O)Cc1cccc(C(F)(F)F)c1. The maximum absolute atomic E-state index is 12.6. The molecule has 1 amide bonds. The van der Waals surface area contributed by atoms with E-state index in [1.165, 1.54) is 24.1 Å². The number of halogens is 3. The Morgan fingerprint density at radius 3 is 2.60 bits per heavy atom.